The normalized spacial score (nSPS) is 16.2. The summed E-state index contributed by atoms with van der Waals surface area (Å²) in [5.74, 6) is 0. The Morgan fingerprint density at radius 1 is 0.926 bits per heavy atom. The van der Waals surface area contributed by atoms with E-state index < -0.39 is 0 Å². The molecule has 1 aliphatic rings. The molecule has 4 rings (SSSR count). The lowest BCUT2D eigenvalue weighted by atomic mass is 10.1. The first kappa shape index (κ1) is 18.0. The molecule has 27 heavy (non-hydrogen) atoms. The lowest BCUT2D eigenvalue weighted by Crippen LogP contribution is -2.45. The van der Waals surface area contributed by atoms with Gasteiger partial charge in [-0.2, -0.15) is 0 Å². The van der Waals surface area contributed by atoms with Gasteiger partial charge in [0.1, 0.15) is 5.65 Å². The van der Waals surface area contributed by atoms with Gasteiger partial charge in [0.25, 0.3) is 0 Å². The Morgan fingerprint density at radius 3 is 2.30 bits per heavy atom. The lowest BCUT2D eigenvalue weighted by Gasteiger charge is -2.34. The van der Waals surface area contributed by atoms with Crippen LogP contribution < -0.4 is 5.73 Å². The van der Waals surface area contributed by atoms with Gasteiger partial charge in [0.05, 0.1) is 11.4 Å². The number of anilines is 1. The quantitative estimate of drug-likeness (QED) is 0.756. The van der Waals surface area contributed by atoms with Gasteiger partial charge in [-0.3, -0.25) is 4.90 Å². The summed E-state index contributed by atoms with van der Waals surface area (Å²) in [5, 5.41) is 0. The third-order valence-corrected chi connectivity index (χ3v) is 5.66. The number of piperazine rings is 1. The van der Waals surface area contributed by atoms with Crippen LogP contribution in [-0.2, 0) is 13.0 Å². The molecule has 5 nitrogen and oxygen atoms in total. The number of nitrogens with zero attached hydrogens (tertiary/aromatic N) is 4. The largest absolute Gasteiger partial charge is 0.398 e. The number of likely N-dealkylation sites (N-methyl/N-ethyl adjacent to an activating group) is 1. The zero-order valence-corrected chi connectivity index (χ0v) is 16.4. The highest BCUT2D eigenvalue weighted by molar-refractivity contribution is 5.67. The molecule has 5 heteroatoms. The molecule has 142 valence electrons. The van der Waals surface area contributed by atoms with E-state index in [1.807, 2.05) is 18.3 Å². The predicted octanol–water partition coefficient (Wildman–Crippen LogP) is 3.28. The van der Waals surface area contributed by atoms with Crippen LogP contribution in [0.2, 0.25) is 0 Å². The van der Waals surface area contributed by atoms with Crippen molar-refractivity contribution in [3.63, 3.8) is 0 Å². The van der Waals surface area contributed by atoms with Crippen LogP contribution in [0.4, 0.5) is 5.69 Å². The minimum absolute atomic E-state index is 0.768. The van der Waals surface area contributed by atoms with E-state index in [1.54, 1.807) is 0 Å². The predicted molar refractivity (Wildman–Crippen MR) is 112 cm³/mol. The summed E-state index contributed by atoms with van der Waals surface area (Å²) in [6.45, 7) is 10.9. The summed E-state index contributed by atoms with van der Waals surface area (Å²) >= 11 is 0. The van der Waals surface area contributed by atoms with Crippen molar-refractivity contribution < 1.29 is 0 Å². The van der Waals surface area contributed by atoms with Crippen LogP contribution in [0.15, 0.2) is 42.6 Å². The first-order valence-corrected chi connectivity index (χ1v) is 9.98. The Labute approximate surface area is 161 Å². The van der Waals surface area contributed by atoms with Crippen LogP contribution in [-0.4, -0.2) is 51.9 Å². The van der Waals surface area contributed by atoms with Crippen molar-refractivity contribution in [1.29, 1.82) is 0 Å². The summed E-state index contributed by atoms with van der Waals surface area (Å²) in [6, 6.07) is 12.7. The molecule has 0 amide bonds. The molecule has 3 heterocycles. The zero-order valence-electron chi connectivity index (χ0n) is 16.4. The maximum atomic E-state index is 6.08. The minimum Gasteiger partial charge on any atom is -0.398 e. The molecule has 1 aliphatic heterocycles. The Kier molecular flexibility index (Phi) is 5.14. The molecule has 2 N–H and O–H groups in total. The van der Waals surface area contributed by atoms with Gasteiger partial charge in [-0.05, 0) is 30.7 Å². The molecule has 2 aromatic heterocycles. The second-order valence-corrected chi connectivity index (χ2v) is 7.36. The molecule has 0 saturated carbocycles. The maximum Gasteiger partial charge on any atom is 0.137 e. The van der Waals surface area contributed by atoms with Crippen molar-refractivity contribution in [2.45, 2.75) is 26.8 Å². The van der Waals surface area contributed by atoms with Crippen molar-refractivity contribution in [3.8, 4) is 11.3 Å². The number of imidazole rings is 1. The van der Waals surface area contributed by atoms with Gasteiger partial charge in [0.2, 0.25) is 0 Å². The standard InChI is InChI=1S/C22H29N5/c1-3-17-5-7-18(8-6-17)22-20(16-26-13-11-25(4-2)12-14-26)27-15-19(23)9-10-21(27)24-22/h5-10,15H,3-4,11-14,16,23H2,1-2H3. The van der Waals surface area contributed by atoms with Crippen LogP contribution in [0.1, 0.15) is 25.1 Å². The van der Waals surface area contributed by atoms with E-state index in [1.165, 1.54) is 16.8 Å². The van der Waals surface area contributed by atoms with E-state index in [0.717, 1.165) is 62.7 Å². The molecule has 3 aromatic rings. The second-order valence-electron chi connectivity index (χ2n) is 7.36. The molecule has 0 unspecified atom stereocenters. The van der Waals surface area contributed by atoms with Gasteiger partial charge in [0.15, 0.2) is 0 Å². The lowest BCUT2D eigenvalue weighted by molar-refractivity contribution is 0.131. The molecule has 0 bridgehead atoms. The third-order valence-electron chi connectivity index (χ3n) is 5.66. The van der Waals surface area contributed by atoms with Gasteiger partial charge in [0, 0.05) is 50.2 Å². The molecular weight excluding hydrogens is 334 g/mol. The van der Waals surface area contributed by atoms with Crippen LogP contribution in [0.5, 0.6) is 0 Å². The number of rotatable bonds is 5. The highest BCUT2D eigenvalue weighted by Crippen LogP contribution is 2.27. The monoisotopic (exact) mass is 363 g/mol. The fourth-order valence-corrected chi connectivity index (χ4v) is 3.87. The van der Waals surface area contributed by atoms with E-state index in [4.69, 9.17) is 10.7 Å². The van der Waals surface area contributed by atoms with Crippen molar-refractivity contribution in [2.24, 2.45) is 0 Å². The van der Waals surface area contributed by atoms with Crippen molar-refractivity contribution in [1.82, 2.24) is 19.2 Å². The number of nitrogen functional groups attached to an aromatic ring is 1. The van der Waals surface area contributed by atoms with Gasteiger partial charge < -0.3 is 15.0 Å². The Balaban J connectivity index is 1.71. The molecule has 1 fully saturated rings. The van der Waals surface area contributed by atoms with Crippen molar-refractivity contribution >= 4 is 11.3 Å². The van der Waals surface area contributed by atoms with E-state index in [9.17, 15) is 0 Å². The first-order chi connectivity index (χ1) is 13.2. The van der Waals surface area contributed by atoms with Gasteiger partial charge in [-0.1, -0.05) is 38.1 Å². The molecule has 0 spiro atoms. The van der Waals surface area contributed by atoms with Gasteiger partial charge >= 0.3 is 0 Å². The van der Waals surface area contributed by atoms with Crippen molar-refractivity contribution in [2.75, 3.05) is 38.5 Å². The maximum absolute atomic E-state index is 6.08. The minimum atomic E-state index is 0.768. The van der Waals surface area contributed by atoms with E-state index in [2.05, 4.69) is 52.3 Å². The summed E-state index contributed by atoms with van der Waals surface area (Å²) < 4.78 is 2.17. The summed E-state index contributed by atoms with van der Waals surface area (Å²) in [5.41, 5.74) is 12.6. The van der Waals surface area contributed by atoms with Crippen molar-refractivity contribution in [3.05, 3.63) is 53.9 Å². The van der Waals surface area contributed by atoms with E-state index in [0.29, 0.717) is 0 Å². The highest BCUT2D eigenvalue weighted by Gasteiger charge is 2.20. The average molecular weight is 364 g/mol. The van der Waals surface area contributed by atoms with Crippen LogP contribution in [0.25, 0.3) is 16.9 Å². The van der Waals surface area contributed by atoms with Gasteiger partial charge in [-0.25, -0.2) is 4.98 Å². The molecule has 0 aliphatic carbocycles. The smallest absolute Gasteiger partial charge is 0.137 e. The Hall–Kier alpha value is -2.37. The first-order valence-electron chi connectivity index (χ1n) is 9.98. The fourth-order valence-electron chi connectivity index (χ4n) is 3.87. The number of fused-ring (bicyclic) bond motifs is 1. The zero-order chi connectivity index (χ0) is 18.8. The number of aromatic nitrogens is 2. The summed E-state index contributed by atoms with van der Waals surface area (Å²) in [7, 11) is 0. The van der Waals surface area contributed by atoms with Crippen LogP contribution in [0.3, 0.4) is 0 Å². The third kappa shape index (κ3) is 3.70. The summed E-state index contributed by atoms with van der Waals surface area (Å²) in [6.07, 6.45) is 3.06. The molecule has 1 saturated heterocycles. The Morgan fingerprint density at radius 2 is 1.63 bits per heavy atom. The molecule has 0 atom stereocenters. The Bertz CT molecular complexity index is 904. The number of aryl methyl sites for hydroxylation is 1. The highest BCUT2D eigenvalue weighted by atomic mass is 15.3. The summed E-state index contributed by atoms with van der Waals surface area (Å²) in [4.78, 5) is 9.98. The van der Waals surface area contributed by atoms with Crippen LogP contribution >= 0.6 is 0 Å². The number of pyridine rings is 1. The molecule has 0 radical (unpaired) electrons. The molecule has 1 aromatic carbocycles. The fraction of sp³-hybridized carbons (Fsp3) is 0.409. The van der Waals surface area contributed by atoms with E-state index >= 15 is 0 Å². The SMILES string of the molecule is CCc1ccc(-c2nc3ccc(N)cn3c2CN2CCN(CC)CC2)cc1. The molecular formula is C22H29N5. The topological polar surface area (TPSA) is 49.8 Å². The number of hydrogen-bond donors (Lipinski definition) is 1. The van der Waals surface area contributed by atoms with E-state index in [-0.39, 0.29) is 0 Å². The number of benzene rings is 1. The van der Waals surface area contributed by atoms with Crippen LogP contribution in [0, 0.1) is 0 Å². The second kappa shape index (κ2) is 7.71. The average Bonchev–Trinajstić information content (AvgIpc) is 3.06. The van der Waals surface area contributed by atoms with Gasteiger partial charge in [-0.15, -0.1) is 0 Å². The number of hydrogen-bond acceptors (Lipinski definition) is 4. The number of nitrogens with two attached hydrogens (primary N) is 1.